The molecule has 0 aliphatic heterocycles. The average Bonchev–Trinajstić information content (AvgIpc) is 2.42. The molecule has 4 atom stereocenters. The minimum absolute atomic E-state index is 0.447. The molecule has 1 fully saturated rings. The van der Waals surface area contributed by atoms with Crippen LogP contribution in [0.2, 0.25) is 0 Å². The molecular formula is C16H24O8. The topological polar surface area (TPSA) is 105 Å². The minimum atomic E-state index is -1.04. The number of carbonyl (C=O) groups is 4. The van der Waals surface area contributed by atoms with Crippen LogP contribution in [0.5, 0.6) is 0 Å². The van der Waals surface area contributed by atoms with Crippen LogP contribution in [-0.2, 0) is 38.1 Å². The van der Waals surface area contributed by atoms with Crippen molar-refractivity contribution in [3.63, 3.8) is 0 Å². The van der Waals surface area contributed by atoms with Gasteiger partial charge in [0.2, 0.25) is 0 Å². The highest BCUT2D eigenvalue weighted by Gasteiger charge is 2.43. The van der Waals surface area contributed by atoms with Gasteiger partial charge < -0.3 is 18.9 Å². The lowest BCUT2D eigenvalue weighted by Crippen LogP contribution is -2.52. The van der Waals surface area contributed by atoms with Crippen molar-refractivity contribution in [3.8, 4) is 0 Å². The van der Waals surface area contributed by atoms with Crippen LogP contribution in [0.25, 0.3) is 0 Å². The lowest BCUT2D eigenvalue weighted by Gasteiger charge is -2.37. The van der Waals surface area contributed by atoms with Gasteiger partial charge in [-0.15, -0.1) is 0 Å². The lowest BCUT2D eigenvalue weighted by molar-refractivity contribution is -0.201. The molecule has 0 spiro atoms. The van der Waals surface area contributed by atoms with Crippen LogP contribution < -0.4 is 0 Å². The molecule has 1 saturated carbocycles. The largest absolute Gasteiger partial charge is 0.458 e. The first-order chi connectivity index (χ1) is 11.2. The molecule has 0 bridgehead atoms. The van der Waals surface area contributed by atoms with E-state index in [0.29, 0.717) is 25.7 Å². The molecule has 1 aliphatic rings. The third-order valence-corrected chi connectivity index (χ3v) is 3.52. The van der Waals surface area contributed by atoms with Gasteiger partial charge in [-0.1, -0.05) is 0 Å². The first-order valence-corrected chi connectivity index (χ1v) is 7.89. The highest BCUT2D eigenvalue weighted by molar-refractivity contribution is 5.69. The number of rotatable bonds is 4. The van der Waals surface area contributed by atoms with Crippen LogP contribution in [0.3, 0.4) is 0 Å². The van der Waals surface area contributed by atoms with Crippen LogP contribution >= 0.6 is 0 Å². The molecule has 8 heteroatoms. The Hall–Kier alpha value is -2.12. The number of esters is 4. The Morgan fingerprint density at radius 2 is 0.875 bits per heavy atom. The first kappa shape index (κ1) is 19.9. The molecule has 1 rings (SSSR count). The van der Waals surface area contributed by atoms with Gasteiger partial charge in [0.05, 0.1) is 0 Å². The summed E-state index contributed by atoms with van der Waals surface area (Å²) in [5.74, 6) is -2.31. The van der Waals surface area contributed by atoms with E-state index in [1.165, 1.54) is 27.7 Å². The van der Waals surface area contributed by atoms with Crippen LogP contribution in [0, 0.1) is 0 Å². The molecule has 8 nitrogen and oxygen atoms in total. The monoisotopic (exact) mass is 344 g/mol. The molecule has 0 radical (unpaired) electrons. The zero-order chi connectivity index (χ0) is 18.3. The molecular weight excluding hydrogens is 320 g/mol. The summed E-state index contributed by atoms with van der Waals surface area (Å²) >= 11 is 0. The van der Waals surface area contributed by atoms with E-state index in [-0.39, 0.29) is 0 Å². The van der Waals surface area contributed by atoms with Crippen molar-refractivity contribution in [2.75, 3.05) is 0 Å². The van der Waals surface area contributed by atoms with E-state index in [9.17, 15) is 19.2 Å². The smallest absolute Gasteiger partial charge is 0.303 e. The van der Waals surface area contributed by atoms with Crippen molar-refractivity contribution in [2.45, 2.75) is 77.8 Å². The summed E-state index contributed by atoms with van der Waals surface area (Å²) in [6, 6.07) is 0. The van der Waals surface area contributed by atoms with Crippen molar-refractivity contribution in [2.24, 2.45) is 0 Å². The standard InChI is InChI=1S/C16H24O8/c1-9(17)21-13-7-5-6-8-14(22-10(2)18)16(24-12(4)20)15(13)23-11(3)19/h13-16H,5-8H2,1-4H3/t13-,14+,15+,16-. The molecule has 0 aromatic heterocycles. The number of hydrogen-bond donors (Lipinski definition) is 0. The second kappa shape index (κ2) is 9.24. The summed E-state index contributed by atoms with van der Waals surface area (Å²) in [7, 11) is 0. The van der Waals surface area contributed by atoms with Crippen molar-refractivity contribution in [1.29, 1.82) is 0 Å². The van der Waals surface area contributed by atoms with E-state index in [0.717, 1.165) is 0 Å². The Bertz CT molecular complexity index is 442. The maximum atomic E-state index is 11.5. The van der Waals surface area contributed by atoms with E-state index in [1.54, 1.807) is 0 Å². The van der Waals surface area contributed by atoms with Gasteiger partial charge >= 0.3 is 23.9 Å². The van der Waals surface area contributed by atoms with E-state index in [4.69, 9.17) is 18.9 Å². The highest BCUT2D eigenvalue weighted by Crippen LogP contribution is 2.28. The van der Waals surface area contributed by atoms with Gasteiger partial charge in [-0.05, 0) is 25.7 Å². The fourth-order valence-electron chi connectivity index (χ4n) is 2.79. The minimum Gasteiger partial charge on any atom is -0.458 e. The number of ether oxygens (including phenoxy) is 4. The fourth-order valence-corrected chi connectivity index (χ4v) is 2.79. The summed E-state index contributed by atoms with van der Waals surface area (Å²) in [5, 5.41) is 0. The molecule has 0 aromatic rings. The summed E-state index contributed by atoms with van der Waals surface area (Å²) in [6.45, 7) is 4.90. The van der Waals surface area contributed by atoms with Crippen molar-refractivity contribution in [3.05, 3.63) is 0 Å². The predicted molar refractivity (Wildman–Crippen MR) is 80.7 cm³/mol. The molecule has 0 heterocycles. The molecule has 1 aliphatic carbocycles. The maximum Gasteiger partial charge on any atom is 0.303 e. The predicted octanol–water partition coefficient (Wildman–Crippen LogP) is 1.29. The molecule has 136 valence electrons. The molecule has 0 N–H and O–H groups in total. The Labute approximate surface area is 140 Å². The number of hydrogen-bond acceptors (Lipinski definition) is 8. The second-order valence-corrected chi connectivity index (χ2v) is 5.73. The van der Waals surface area contributed by atoms with E-state index >= 15 is 0 Å². The van der Waals surface area contributed by atoms with Gasteiger partial charge in [0, 0.05) is 27.7 Å². The molecule has 0 amide bonds. The van der Waals surface area contributed by atoms with E-state index in [2.05, 4.69) is 0 Å². The van der Waals surface area contributed by atoms with Gasteiger partial charge in [-0.25, -0.2) is 0 Å². The fraction of sp³-hybridized carbons (Fsp3) is 0.750. The van der Waals surface area contributed by atoms with Gasteiger partial charge in [0.15, 0.2) is 12.2 Å². The van der Waals surface area contributed by atoms with Crippen molar-refractivity contribution >= 4 is 23.9 Å². The molecule has 0 aromatic carbocycles. The van der Waals surface area contributed by atoms with Gasteiger partial charge in [0.25, 0.3) is 0 Å². The third-order valence-electron chi connectivity index (χ3n) is 3.52. The van der Waals surface area contributed by atoms with Gasteiger partial charge in [-0.3, -0.25) is 19.2 Å². The van der Waals surface area contributed by atoms with Crippen LogP contribution in [0.15, 0.2) is 0 Å². The maximum absolute atomic E-state index is 11.5. The van der Waals surface area contributed by atoms with E-state index < -0.39 is 48.3 Å². The Morgan fingerprint density at radius 1 is 0.583 bits per heavy atom. The van der Waals surface area contributed by atoms with Crippen molar-refractivity contribution < 1.29 is 38.1 Å². The van der Waals surface area contributed by atoms with Crippen molar-refractivity contribution in [1.82, 2.24) is 0 Å². The second-order valence-electron chi connectivity index (χ2n) is 5.73. The summed E-state index contributed by atoms with van der Waals surface area (Å²) in [4.78, 5) is 45.7. The number of carbonyl (C=O) groups excluding carboxylic acids is 4. The summed E-state index contributed by atoms with van der Waals surface area (Å²) < 4.78 is 21.1. The Kier molecular flexibility index (Phi) is 7.67. The zero-order valence-corrected chi connectivity index (χ0v) is 14.4. The summed E-state index contributed by atoms with van der Waals surface area (Å²) in [5.41, 5.74) is 0. The van der Waals surface area contributed by atoms with Gasteiger partial charge in [0.1, 0.15) is 12.2 Å². The molecule has 0 unspecified atom stereocenters. The third kappa shape index (κ3) is 6.55. The Morgan fingerprint density at radius 3 is 1.12 bits per heavy atom. The quantitative estimate of drug-likeness (QED) is 0.555. The van der Waals surface area contributed by atoms with Gasteiger partial charge in [-0.2, -0.15) is 0 Å². The van der Waals surface area contributed by atoms with Crippen LogP contribution in [0.4, 0.5) is 0 Å². The first-order valence-electron chi connectivity index (χ1n) is 7.89. The lowest BCUT2D eigenvalue weighted by atomic mass is 9.91. The summed E-state index contributed by atoms with van der Waals surface area (Å²) in [6.07, 6.45) is -1.40. The van der Waals surface area contributed by atoms with E-state index in [1.807, 2.05) is 0 Å². The molecule has 0 saturated heterocycles. The van der Waals surface area contributed by atoms with Crippen LogP contribution in [0.1, 0.15) is 53.4 Å². The molecule has 24 heavy (non-hydrogen) atoms. The Balaban J connectivity index is 3.19. The highest BCUT2D eigenvalue weighted by atomic mass is 16.6. The van der Waals surface area contributed by atoms with Crippen LogP contribution in [-0.4, -0.2) is 48.3 Å². The zero-order valence-electron chi connectivity index (χ0n) is 14.4. The average molecular weight is 344 g/mol. The normalized spacial score (nSPS) is 27.2. The SMILES string of the molecule is CC(=O)O[C@@H]1[C@H](OC(C)=O)[C@@H](OC(C)=O)CCCC[C@H]1OC(C)=O.